The van der Waals surface area contributed by atoms with Gasteiger partial charge in [-0.3, -0.25) is 0 Å². The number of nitrogens with one attached hydrogen (secondary N) is 1. The Kier molecular flexibility index (Phi) is 4.00. The summed E-state index contributed by atoms with van der Waals surface area (Å²) in [6.45, 7) is 10.7. The van der Waals surface area contributed by atoms with E-state index < -0.39 is 0 Å². The molecule has 23 heavy (non-hydrogen) atoms. The van der Waals surface area contributed by atoms with Gasteiger partial charge >= 0.3 is 0 Å². The molecule has 4 heteroatoms. The summed E-state index contributed by atoms with van der Waals surface area (Å²) in [5.74, 6) is 3.10. The average Bonchev–Trinajstić information content (AvgIpc) is 2.53. The fourth-order valence-corrected chi connectivity index (χ4v) is 3.31. The van der Waals surface area contributed by atoms with Crippen LogP contribution in [0.4, 0.5) is 11.6 Å². The maximum Gasteiger partial charge on any atom is 0.135 e. The molecule has 0 spiro atoms. The second-order valence-corrected chi connectivity index (χ2v) is 7.27. The molecule has 3 rings (SSSR count). The summed E-state index contributed by atoms with van der Waals surface area (Å²) in [7, 11) is 1.91. The molecule has 4 nitrogen and oxygen atoms in total. The van der Waals surface area contributed by atoms with E-state index in [0.717, 1.165) is 30.5 Å². The Morgan fingerprint density at radius 1 is 1.17 bits per heavy atom. The Bertz CT molecular complexity index is 706. The van der Waals surface area contributed by atoms with Gasteiger partial charge in [0.2, 0.25) is 0 Å². The zero-order valence-corrected chi connectivity index (χ0v) is 14.7. The second-order valence-electron chi connectivity index (χ2n) is 7.27. The van der Waals surface area contributed by atoms with E-state index >= 15 is 0 Å². The fourth-order valence-electron chi connectivity index (χ4n) is 3.31. The van der Waals surface area contributed by atoms with Crippen molar-refractivity contribution in [1.82, 2.24) is 9.97 Å². The Balaban J connectivity index is 2.02. The van der Waals surface area contributed by atoms with Gasteiger partial charge in [-0.1, -0.05) is 52.0 Å². The van der Waals surface area contributed by atoms with Crippen LogP contribution in [0.5, 0.6) is 0 Å². The van der Waals surface area contributed by atoms with Crippen molar-refractivity contribution in [2.24, 2.45) is 0 Å². The number of anilines is 2. The molecule has 0 saturated heterocycles. The van der Waals surface area contributed by atoms with Crippen LogP contribution in [0.25, 0.3) is 0 Å². The quantitative estimate of drug-likeness (QED) is 0.932. The van der Waals surface area contributed by atoms with E-state index in [1.807, 2.05) is 7.05 Å². The highest BCUT2D eigenvalue weighted by Gasteiger charge is 2.32. The topological polar surface area (TPSA) is 41.0 Å². The number of rotatable bonds is 3. The first-order valence-electron chi connectivity index (χ1n) is 8.31. The van der Waals surface area contributed by atoms with Gasteiger partial charge in [0.05, 0.1) is 0 Å². The summed E-state index contributed by atoms with van der Waals surface area (Å²) in [5.41, 5.74) is 2.94. The monoisotopic (exact) mass is 310 g/mol. The minimum Gasteiger partial charge on any atom is -0.373 e. The molecular formula is C19H26N4. The van der Waals surface area contributed by atoms with Gasteiger partial charge in [0, 0.05) is 37.5 Å². The number of hydrogen-bond acceptors (Lipinski definition) is 4. The van der Waals surface area contributed by atoms with Crippen molar-refractivity contribution in [3.05, 3.63) is 47.3 Å². The molecule has 0 amide bonds. The van der Waals surface area contributed by atoms with Crippen LogP contribution in [0.1, 0.15) is 50.6 Å². The largest absolute Gasteiger partial charge is 0.373 e. The predicted octanol–water partition coefficient (Wildman–Crippen LogP) is 3.94. The highest BCUT2D eigenvalue weighted by atomic mass is 15.2. The lowest BCUT2D eigenvalue weighted by Gasteiger charge is -2.40. The molecule has 0 radical (unpaired) electrons. The maximum absolute atomic E-state index is 4.82. The van der Waals surface area contributed by atoms with Crippen LogP contribution in [0.15, 0.2) is 30.3 Å². The van der Waals surface area contributed by atoms with Crippen molar-refractivity contribution in [3.8, 4) is 0 Å². The summed E-state index contributed by atoms with van der Waals surface area (Å²) in [6, 6.07) is 10.8. The zero-order valence-electron chi connectivity index (χ0n) is 14.7. The summed E-state index contributed by atoms with van der Waals surface area (Å²) in [4.78, 5) is 11.8. The van der Waals surface area contributed by atoms with Gasteiger partial charge in [-0.05, 0) is 11.1 Å². The number of hydrogen-bond donors (Lipinski definition) is 1. The van der Waals surface area contributed by atoms with Gasteiger partial charge in [-0.2, -0.15) is 0 Å². The van der Waals surface area contributed by atoms with Gasteiger partial charge in [-0.15, -0.1) is 0 Å². The minimum absolute atomic E-state index is 0.109. The van der Waals surface area contributed by atoms with Crippen LogP contribution in [-0.4, -0.2) is 23.6 Å². The van der Waals surface area contributed by atoms with E-state index in [1.54, 1.807) is 0 Å². The van der Waals surface area contributed by atoms with E-state index in [2.05, 4.69) is 73.2 Å². The third-order valence-electron chi connectivity index (χ3n) is 4.52. The summed E-state index contributed by atoms with van der Waals surface area (Å²) < 4.78 is 0. The molecule has 0 saturated carbocycles. The van der Waals surface area contributed by atoms with Crippen molar-refractivity contribution in [2.75, 3.05) is 23.8 Å². The first kappa shape index (κ1) is 15.8. The summed E-state index contributed by atoms with van der Waals surface area (Å²) in [5, 5.41) is 3.16. The predicted molar refractivity (Wildman–Crippen MR) is 96.2 cm³/mol. The smallest absolute Gasteiger partial charge is 0.135 e. The highest BCUT2D eigenvalue weighted by molar-refractivity contribution is 5.53. The number of nitrogens with zero attached hydrogens (tertiary/aromatic N) is 3. The van der Waals surface area contributed by atoms with Crippen molar-refractivity contribution >= 4 is 11.6 Å². The number of fused-ring (bicyclic) bond motifs is 1. The molecule has 0 unspecified atom stereocenters. The van der Waals surface area contributed by atoms with Crippen LogP contribution in [0.2, 0.25) is 0 Å². The molecule has 1 aliphatic rings. The molecule has 2 heterocycles. The molecular weight excluding hydrogens is 284 g/mol. The Morgan fingerprint density at radius 3 is 2.61 bits per heavy atom. The summed E-state index contributed by atoms with van der Waals surface area (Å²) in [6.07, 6.45) is 0. The number of benzene rings is 1. The lowest BCUT2D eigenvalue weighted by Crippen LogP contribution is -2.42. The Hall–Kier alpha value is -2.10. The third-order valence-corrected chi connectivity index (χ3v) is 4.52. The Labute approximate surface area is 139 Å². The first-order valence-corrected chi connectivity index (χ1v) is 8.31. The minimum atomic E-state index is 0.109. The molecule has 0 bridgehead atoms. The average molecular weight is 310 g/mol. The lowest BCUT2D eigenvalue weighted by molar-refractivity contribution is 0.474. The normalized spacial score (nSPS) is 16.3. The van der Waals surface area contributed by atoms with Gasteiger partial charge in [0.1, 0.15) is 17.5 Å². The van der Waals surface area contributed by atoms with Crippen molar-refractivity contribution < 1.29 is 0 Å². The second kappa shape index (κ2) is 5.84. The molecule has 1 aliphatic heterocycles. The lowest BCUT2D eigenvalue weighted by atomic mass is 9.78. The van der Waals surface area contributed by atoms with Crippen LogP contribution in [-0.2, 0) is 12.0 Å². The van der Waals surface area contributed by atoms with E-state index in [9.17, 15) is 0 Å². The van der Waals surface area contributed by atoms with E-state index in [4.69, 9.17) is 4.98 Å². The highest BCUT2D eigenvalue weighted by Crippen LogP contribution is 2.35. The van der Waals surface area contributed by atoms with Crippen LogP contribution < -0.4 is 10.2 Å². The van der Waals surface area contributed by atoms with Crippen molar-refractivity contribution in [3.63, 3.8) is 0 Å². The molecule has 122 valence electrons. The van der Waals surface area contributed by atoms with Gasteiger partial charge < -0.3 is 10.2 Å². The maximum atomic E-state index is 4.82. The molecule has 1 N–H and O–H groups in total. The first-order chi connectivity index (χ1) is 10.9. The van der Waals surface area contributed by atoms with Crippen molar-refractivity contribution in [1.29, 1.82) is 0 Å². The van der Waals surface area contributed by atoms with E-state index in [0.29, 0.717) is 5.92 Å². The zero-order chi connectivity index (χ0) is 16.6. The van der Waals surface area contributed by atoms with Crippen LogP contribution in [0.3, 0.4) is 0 Å². The standard InChI is InChI=1S/C19H26N4/c1-13(2)18-21-16(20-5)10-17(22-18)23-11-14-8-6-7-9-15(14)19(3,4)12-23/h6-10,13H,11-12H2,1-5H3,(H,20,21,22). The van der Waals surface area contributed by atoms with Crippen LogP contribution in [0, 0.1) is 0 Å². The molecule has 0 fully saturated rings. The van der Waals surface area contributed by atoms with Gasteiger partial charge in [0.25, 0.3) is 0 Å². The van der Waals surface area contributed by atoms with E-state index in [-0.39, 0.29) is 5.41 Å². The van der Waals surface area contributed by atoms with Gasteiger partial charge in [-0.25, -0.2) is 9.97 Å². The molecule has 2 aromatic rings. The van der Waals surface area contributed by atoms with Crippen LogP contribution >= 0.6 is 0 Å². The third kappa shape index (κ3) is 3.03. The molecule has 0 aliphatic carbocycles. The fraction of sp³-hybridized carbons (Fsp3) is 0.474. The molecule has 1 aromatic carbocycles. The number of aromatic nitrogens is 2. The van der Waals surface area contributed by atoms with Gasteiger partial charge in [0.15, 0.2) is 0 Å². The van der Waals surface area contributed by atoms with E-state index in [1.165, 1.54) is 11.1 Å². The SMILES string of the molecule is CNc1cc(N2Cc3ccccc3C(C)(C)C2)nc(C(C)C)n1. The Morgan fingerprint density at radius 2 is 1.91 bits per heavy atom. The van der Waals surface area contributed by atoms with Crippen molar-refractivity contribution in [2.45, 2.75) is 45.6 Å². The summed E-state index contributed by atoms with van der Waals surface area (Å²) >= 11 is 0. The molecule has 1 aromatic heterocycles. The molecule has 0 atom stereocenters.